The van der Waals surface area contributed by atoms with Crippen molar-refractivity contribution in [1.82, 2.24) is 14.7 Å². The number of hydrogen-bond acceptors (Lipinski definition) is 5. The van der Waals surface area contributed by atoms with E-state index in [0.29, 0.717) is 44.2 Å². The molecule has 9 heteroatoms. The molecule has 2 saturated heterocycles. The normalized spacial score (nSPS) is 23.7. The van der Waals surface area contributed by atoms with Crippen molar-refractivity contribution in [3.63, 3.8) is 0 Å². The summed E-state index contributed by atoms with van der Waals surface area (Å²) in [6, 6.07) is 8.11. The minimum absolute atomic E-state index is 0.102. The molecule has 2 aromatic rings. The van der Waals surface area contributed by atoms with E-state index >= 15 is 0 Å². The van der Waals surface area contributed by atoms with Gasteiger partial charge in [0.15, 0.2) is 15.5 Å². The molecule has 0 radical (unpaired) electrons. The number of benzene rings is 1. The molecule has 1 saturated carbocycles. The molecule has 1 aliphatic carbocycles. The van der Waals surface area contributed by atoms with Gasteiger partial charge in [-0.25, -0.2) is 12.8 Å². The Morgan fingerprint density at radius 1 is 1.03 bits per heavy atom. The molecule has 3 aliphatic rings. The monoisotopic (exact) mass is 432 g/mol. The van der Waals surface area contributed by atoms with Gasteiger partial charge < -0.3 is 9.80 Å². The third-order valence-corrected chi connectivity index (χ3v) is 8.04. The molecule has 5 rings (SSSR count). The molecule has 3 heterocycles. The van der Waals surface area contributed by atoms with E-state index in [4.69, 9.17) is 0 Å². The quantitative estimate of drug-likeness (QED) is 0.741. The highest BCUT2D eigenvalue weighted by atomic mass is 32.2. The fraction of sp³-hybridized carbons (Fsp3) is 0.524. The van der Waals surface area contributed by atoms with Crippen LogP contribution in [0.15, 0.2) is 30.3 Å². The number of hydrogen-bond donors (Lipinski definition) is 0. The van der Waals surface area contributed by atoms with Crippen LogP contribution in [0.1, 0.15) is 47.4 Å². The van der Waals surface area contributed by atoms with Crippen LogP contribution in [-0.2, 0) is 9.84 Å². The molecule has 1 aromatic carbocycles. The van der Waals surface area contributed by atoms with Crippen LogP contribution >= 0.6 is 0 Å². The zero-order valence-corrected chi connectivity index (χ0v) is 17.5. The lowest BCUT2D eigenvalue weighted by molar-refractivity contribution is 0.0739. The maximum absolute atomic E-state index is 13.1. The molecule has 7 nitrogen and oxygen atoms in total. The Hall–Kier alpha value is -2.42. The zero-order valence-electron chi connectivity index (χ0n) is 16.7. The van der Waals surface area contributed by atoms with Gasteiger partial charge in [-0.05, 0) is 49.6 Å². The van der Waals surface area contributed by atoms with E-state index in [0.717, 1.165) is 24.2 Å². The number of amides is 1. The van der Waals surface area contributed by atoms with E-state index in [1.54, 1.807) is 17.0 Å². The van der Waals surface area contributed by atoms with Crippen LogP contribution in [0.3, 0.4) is 0 Å². The molecule has 0 N–H and O–H groups in total. The number of carbonyl (C=O) groups is 1. The lowest BCUT2D eigenvalue weighted by Gasteiger charge is -2.35. The van der Waals surface area contributed by atoms with Crippen molar-refractivity contribution in [3.05, 3.63) is 47.5 Å². The fourth-order valence-electron chi connectivity index (χ4n) is 4.44. The van der Waals surface area contributed by atoms with E-state index in [2.05, 4.69) is 10.00 Å². The van der Waals surface area contributed by atoms with Crippen molar-refractivity contribution in [2.24, 2.45) is 0 Å². The Morgan fingerprint density at radius 3 is 2.33 bits per heavy atom. The van der Waals surface area contributed by atoms with Gasteiger partial charge >= 0.3 is 0 Å². The Morgan fingerprint density at radius 2 is 1.73 bits per heavy atom. The first-order valence-corrected chi connectivity index (χ1v) is 12.3. The third-order valence-electron chi connectivity index (χ3n) is 6.29. The lowest BCUT2D eigenvalue weighted by atomic mass is 10.2. The highest BCUT2D eigenvalue weighted by Crippen LogP contribution is 2.42. The summed E-state index contributed by atoms with van der Waals surface area (Å²) in [6.45, 7) is 2.49. The van der Waals surface area contributed by atoms with Crippen LogP contribution < -0.4 is 4.90 Å². The highest BCUT2D eigenvalue weighted by Gasteiger charge is 2.36. The van der Waals surface area contributed by atoms with Gasteiger partial charge in [0.1, 0.15) is 5.82 Å². The summed E-state index contributed by atoms with van der Waals surface area (Å²) in [6.07, 6.45) is 2.69. The summed E-state index contributed by atoms with van der Waals surface area (Å²) in [5.41, 5.74) is 2.37. The van der Waals surface area contributed by atoms with Crippen LogP contribution in [0.2, 0.25) is 0 Å². The SMILES string of the molecule is O=C(c1cc(C2CC2)n([C@@H]2CCS(=O)(=O)C2)n1)N1CCN(c2ccc(F)cc2)CC1. The average molecular weight is 433 g/mol. The van der Waals surface area contributed by atoms with Gasteiger partial charge in [-0.15, -0.1) is 0 Å². The van der Waals surface area contributed by atoms with Gasteiger partial charge in [-0.1, -0.05) is 0 Å². The number of anilines is 1. The summed E-state index contributed by atoms with van der Waals surface area (Å²) in [7, 11) is -3.02. The molecule has 3 fully saturated rings. The van der Waals surface area contributed by atoms with Crippen molar-refractivity contribution in [2.75, 3.05) is 42.6 Å². The Bertz CT molecular complexity index is 1050. The van der Waals surface area contributed by atoms with E-state index in [1.807, 2.05) is 10.7 Å². The van der Waals surface area contributed by atoms with Gasteiger partial charge in [0.25, 0.3) is 5.91 Å². The second-order valence-corrected chi connectivity index (χ2v) is 10.7. The Labute approximate surface area is 175 Å². The van der Waals surface area contributed by atoms with Crippen LogP contribution in [0.4, 0.5) is 10.1 Å². The molecule has 0 spiro atoms. The molecule has 0 unspecified atom stereocenters. The molecular formula is C21H25FN4O3S. The number of nitrogens with zero attached hydrogens (tertiary/aromatic N) is 4. The van der Waals surface area contributed by atoms with Gasteiger partial charge in [0, 0.05) is 43.5 Å². The zero-order chi connectivity index (χ0) is 20.9. The van der Waals surface area contributed by atoms with Crippen molar-refractivity contribution in [2.45, 2.75) is 31.2 Å². The van der Waals surface area contributed by atoms with E-state index in [9.17, 15) is 17.6 Å². The second-order valence-electron chi connectivity index (χ2n) is 8.49. The largest absolute Gasteiger partial charge is 0.368 e. The molecule has 2 aliphatic heterocycles. The van der Waals surface area contributed by atoms with Crippen molar-refractivity contribution < 1.29 is 17.6 Å². The smallest absolute Gasteiger partial charge is 0.274 e. The van der Waals surface area contributed by atoms with E-state index in [1.165, 1.54) is 12.1 Å². The second kappa shape index (κ2) is 7.37. The molecular weight excluding hydrogens is 407 g/mol. The van der Waals surface area contributed by atoms with Gasteiger partial charge in [0.05, 0.1) is 17.5 Å². The molecule has 1 aromatic heterocycles. The number of piperazine rings is 1. The maximum atomic E-state index is 13.1. The predicted octanol–water partition coefficient (Wildman–Crippen LogP) is 2.22. The highest BCUT2D eigenvalue weighted by molar-refractivity contribution is 7.91. The maximum Gasteiger partial charge on any atom is 0.274 e. The number of carbonyl (C=O) groups excluding carboxylic acids is 1. The van der Waals surface area contributed by atoms with E-state index in [-0.39, 0.29) is 29.3 Å². The van der Waals surface area contributed by atoms with Gasteiger partial charge in [0.2, 0.25) is 0 Å². The molecule has 1 atom stereocenters. The number of sulfone groups is 1. The number of halogens is 1. The van der Waals surface area contributed by atoms with Crippen molar-refractivity contribution in [1.29, 1.82) is 0 Å². The topological polar surface area (TPSA) is 75.5 Å². The van der Waals surface area contributed by atoms with Crippen LogP contribution in [0.5, 0.6) is 0 Å². The summed E-state index contributed by atoms with van der Waals surface area (Å²) in [5, 5.41) is 4.59. The fourth-order valence-corrected chi connectivity index (χ4v) is 6.13. The van der Waals surface area contributed by atoms with Crippen LogP contribution in [0, 0.1) is 5.82 Å². The standard InChI is InChI=1S/C21H25FN4O3S/c22-16-3-5-17(6-4-16)24-8-10-25(11-9-24)21(27)19-13-20(15-1-2-15)26(23-19)18-7-12-30(28,29)14-18/h3-6,13,15,18H,1-2,7-12,14H2/t18-/m1/s1. The number of rotatable bonds is 4. The summed E-state index contributed by atoms with van der Waals surface area (Å²) in [5.74, 6) is 0.326. The lowest BCUT2D eigenvalue weighted by Crippen LogP contribution is -2.48. The molecule has 160 valence electrons. The summed E-state index contributed by atoms with van der Waals surface area (Å²) in [4.78, 5) is 17.0. The molecule has 1 amide bonds. The Balaban J connectivity index is 1.30. The number of aromatic nitrogens is 2. The minimum Gasteiger partial charge on any atom is -0.368 e. The van der Waals surface area contributed by atoms with Crippen molar-refractivity contribution >= 4 is 21.4 Å². The van der Waals surface area contributed by atoms with Crippen LogP contribution in [-0.4, -0.2) is 66.7 Å². The molecule has 0 bridgehead atoms. The predicted molar refractivity (Wildman–Crippen MR) is 111 cm³/mol. The van der Waals surface area contributed by atoms with Gasteiger partial charge in [-0.3, -0.25) is 9.48 Å². The van der Waals surface area contributed by atoms with Gasteiger partial charge in [-0.2, -0.15) is 5.10 Å². The van der Waals surface area contributed by atoms with E-state index < -0.39 is 9.84 Å². The first kappa shape index (κ1) is 19.5. The molecule has 30 heavy (non-hydrogen) atoms. The summed E-state index contributed by atoms with van der Waals surface area (Å²) >= 11 is 0. The third kappa shape index (κ3) is 3.82. The first-order valence-electron chi connectivity index (χ1n) is 10.5. The summed E-state index contributed by atoms with van der Waals surface area (Å²) < 4.78 is 38.8. The van der Waals surface area contributed by atoms with Crippen molar-refractivity contribution in [3.8, 4) is 0 Å². The minimum atomic E-state index is -3.02. The first-order chi connectivity index (χ1) is 14.4. The van der Waals surface area contributed by atoms with Crippen LogP contribution in [0.25, 0.3) is 0 Å². The average Bonchev–Trinajstić information content (AvgIpc) is 3.39. The Kier molecular flexibility index (Phi) is 4.80.